The van der Waals surface area contributed by atoms with Gasteiger partial charge in [-0.2, -0.15) is 5.26 Å². The topological polar surface area (TPSA) is 93.5 Å². The van der Waals surface area contributed by atoms with Crippen molar-refractivity contribution < 1.29 is 13.2 Å². The van der Waals surface area contributed by atoms with Crippen molar-refractivity contribution in [1.82, 2.24) is 14.5 Å². The molecule has 1 N–H and O–H groups in total. The molecule has 1 atom stereocenters. The molecule has 25 heavy (non-hydrogen) atoms. The summed E-state index contributed by atoms with van der Waals surface area (Å²) in [6, 6.07) is 2.00. The number of hydrogen-bond acceptors (Lipinski definition) is 5. The summed E-state index contributed by atoms with van der Waals surface area (Å²) >= 11 is 0. The first-order valence-electron chi connectivity index (χ1n) is 9.09. The van der Waals surface area contributed by atoms with Crippen LogP contribution in [0.15, 0.2) is 0 Å². The molecule has 1 amide bonds. The molecular formula is C17H30N4O3S. The van der Waals surface area contributed by atoms with Gasteiger partial charge in [0.2, 0.25) is 15.9 Å². The third-order valence-electron chi connectivity index (χ3n) is 5.75. The first-order chi connectivity index (χ1) is 11.7. The average molecular weight is 371 g/mol. The Morgan fingerprint density at radius 1 is 1.28 bits per heavy atom. The van der Waals surface area contributed by atoms with Crippen molar-refractivity contribution in [3.8, 4) is 6.07 Å². The first kappa shape index (κ1) is 20.1. The number of carbonyl (C=O) groups excluding carboxylic acids is 1. The third kappa shape index (κ3) is 4.93. The van der Waals surface area contributed by atoms with E-state index in [-0.39, 0.29) is 18.0 Å². The Balaban J connectivity index is 1.90. The second-order valence-electron chi connectivity index (χ2n) is 7.47. The number of nitriles is 1. The summed E-state index contributed by atoms with van der Waals surface area (Å²) in [6.07, 6.45) is 7.18. The van der Waals surface area contributed by atoms with Crippen LogP contribution in [0.3, 0.4) is 0 Å². The van der Waals surface area contributed by atoms with Gasteiger partial charge < -0.3 is 5.32 Å². The summed E-state index contributed by atoms with van der Waals surface area (Å²) in [5, 5.41) is 12.5. The van der Waals surface area contributed by atoms with Gasteiger partial charge in [-0.3, -0.25) is 9.69 Å². The number of amides is 1. The second-order valence-corrected chi connectivity index (χ2v) is 9.51. The van der Waals surface area contributed by atoms with Gasteiger partial charge in [-0.05, 0) is 32.6 Å². The Labute approximate surface area is 151 Å². The number of likely N-dealkylation sites (tertiary alicyclic amines) is 1. The molecule has 142 valence electrons. The van der Waals surface area contributed by atoms with Gasteiger partial charge in [-0.1, -0.05) is 19.3 Å². The third-order valence-corrected chi connectivity index (χ3v) is 7.09. The Kier molecular flexibility index (Phi) is 6.46. The largest absolute Gasteiger partial charge is 0.336 e. The zero-order valence-corrected chi connectivity index (χ0v) is 16.3. The van der Waals surface area contributed by atoms with E-state index >= 15 is 0 Å². The molecule has 7 nitrogen and oxygen atoms in total. The standard InChI is InChI=1S/C17H30N4O3S/c1-14(16(22)19-17(13-18)9-5-4-6-10-17)21-11-7-15(8-12-21)20(2)25(3,23)24/h14-15H,4-12H2,1-3H3,(H,19,22). The summed E-state index contributed by atoms with van der Waals surface area (Å²) < 4.78 is 24.8. The van der Waals surface area contributed by atoms with E-state index in [2.05, 4.69) is 16.3 Å². The van der Waals surface area contributed by atoms with E-state index in [9.17, 15) is 18.5 Å². The lowest BCUT2D eigenvalue weighted by Crippen LogP contribution is -2.57. The van der Waals surface area contributed by atoms with E-state index in [1.807, 2.05) is 6.92 Å². The van der Waals surface area contributed by atoms with Crippen LogP contribution in [0.2, 0.25) is 0 Å². The lowest BCUT2D eigenvalue weighted by molar-refractivity contribution is -0.128. The molecule has 2 rings (SSSR count). The van der Waals surface area contributed by atoms with E-state index in [1.54, 1.807) is 7.05 Å². The smallest absolute Gasteiger partial charge is 0.238 e. The van der Waals surface area contributed by atoms with Crippen molar-refractivity contribution >= 4 is 15.9 Å². The van der Waals surface area contributed by atoms with Gasteiger partial charge in [0.05, 0.1) is 18.4 Å². The number of hydrogen-bond donors (Lipinski definition) is 1. The van der Waals surface area contributed by atoms with Gasteiger partial charge in [0.15, 0.2) is 0 Å². The number of nitrogens with zero attached hydrogens (tertiary/aromatic N) is 3. The summed E-state index contributed by atoms with van der Waals surface area (Å²) in [6.45, 7) is 3.22. The molecule has 1 aliphatic carbocycles. The first-order valence-corrected chi connectivity index (χ1v) is 10.9. The van der Waals surface area contributed by atoms with Gasteiger partial charge in [-0.15, -0.1) is 0 Å². The lowest BCUT2D eigenvalue weighted by Gasteiger charge is -2.39. The molecule has 8 heteroatoms. The van der Waals surface area contributed by atoms with Crippen LogP contribution in [0, 0.1) is 11.3 Å². The molecule has 1 unspecified atom stereocenters. The maximum Gasteiger partial charge on any atom is 0.238 e. The maximum atomic E-state index is 12.6. The summed E-state index contributed by atoms with van der Waals surface area (Å²) in [7, 11) is -1.57. The summed E-state index contributed by atoms with van der Waals surface area (Å²) in [5.74, 6) is -0.0987. The van der Waals surface area contributed by atoms with Crippen LogP contribution < -0.4 is 5.32 Å². The zero-order valence-electron chi connectivity index (χ0n) is 15.5. The minimum atomic E-state index is -3.19. The number of nitrogens with one attached hydrogen (secondary N) is 1. The van der Waals surface area contributed by atoms with Crippen molar-refractivity contribution in [2.45, 2.75) is 69.5 Å². The van der Waals surface area contributed by atoms with Crippen LogP contribution in [0.1, 0.15) is 51.9 Å². The van der Waals surface area contributed by atoms with E-state index in [4.69, 9.17) is 0 Å². The van der Waals surface area contributed by atoms with Gasteiger partial charge in [0.25, 0.3) is 0 Å². The molecule has 1 heterocycles. The normalized spacial score (nSPS) is 23.8. The highest BCUT2D eigenvalue weighted by Gasteiger charge is 2.37. The van der Waals surface area contributed by atoms with E-state index in [0.717, 1.165) is 32.1 Å². The van der Waals surface area contributed by atoms with Crippen molar-refractivity contribution in [2.24, 2.45) is 0 Å². The minimum Gasteiger partial charge on any atom is -0.336 e. The van der Waals surface area contributed by atoms with Gasteiger partial charge in [0.1, 0.15) is 5.54 Å². The van der Waals surface area contributed by atoms with Crippen LogP contribution in [0.5, 0.6) is 0 Å². The van der Waals surface area contributed by atoms with Gasteiger partial charge in [0, 0.05) is 26.2 Å². The van der Waals surface area contributed by atoms with Crippen LogP contribution in [-0.4, -0.2) is 67.5 Å². The molecule has 0 aromatic carbocycles. The minimum absolute atomic E-state index is 0.00898. The number of piperidine rings is 1. The average Bonchev–Trinajstić information content (AvgIpc) is 2.60. The molecular weight excluding hydrogens is 340 g/mol. The molecule has 1 aliphatic heterocycles. The molecule has 1 saturated carbocycles. The van der Waals surface area contributed by atoms with Crippen molar-refractivity contribution in [1.29, 1.82) is 5.26 Å². The van der Waals surface area contributed by atoms with Crippen LogP contribution in [0.4, 0.5) is 0 Å². The van der Waals surface area contributed by atoms with Crippen molar-refractivity contribution in [2.75, 3.05) is 26.4 Å². The van der Waals surface area contributed by atoms with E-state index < -0.39 is 15.6 Å². The highest BCUT2D eigenvalue weighted by atomic mass is 32.2. The van der Waals surface area contributed by atoms with Crippen LogP contribution in [0.25, 0.3) is 0 Å². The predicted octanol–water partition coefficient (Wildman–Crippen LogP) is 1.07. The van der Waals surface area contributed by atoms with E-state index in [1.165, 1.54) is 10.6 Å². The van der Waals surface area contributed by atoms with Crippen LogP contribution >= 0.6 is 0 Å². The number of carbonyl (C=O) groups is 1. The SMILES string of the molecule is CC(C(=O)NC1(C#N)CCCCC1)N1CCC(N(C)S(C)(=O)=O)CC1. The second kappa shape index (κ2) is 8.02. The fraction of sp³-hybridized carbons (Fsp3) is 0.882. The zero-order chi connectivity index (χ0) is 18.7. The van der Waals surface area contributed by atoms with Crippen LogP contribution in [-0.2, 0) is 14.8 Å². The summed E-state index contributed by atoms with van der Waals surface area (Å²) in [4.78, 5) is 14.7. The highest BCUT2D eigenvalue weighted by molar-refractivity contribution is 7.88. The Bertz CT molecular complexity index is 614. The monoisotopic (exact) mass is 370 g/mol. The maximum absolute atomic E-state index is 12.6. The van der Waals surface area contributed by atoms with Crippen molar-refractivity contribution in [3.63, 3.8) is 0 Å². The quantitative estimate of drug-likeness (QED) is 0.781. The predicted molar refractivity (Wildman–Crippen MR) is 96.2 cm³/mol. The molecule has 0 spiro atoms. The van der Waals surface area contributed by atoms with Gasteiger partial charge in [-0.25, -0.2) is 12.7 Å². The fourth-order valence-electron chi connectivity index (χ4n) is 3.83. The molecule has 0 aromatic heterocycles. The molecule has 0 aromatic rings. The number of rotatable bonds is 5. The van der Waals surface area contributed by atoms with Gasteiger partial charge >= 0.3 is 0 Å². The van der Waals surface area contributed by atoms with Crippen molar-refractivity contribution in [3.05, 3.63) is 0 Å². The summed E-state index contributed by atoms with van der Waals surface area (Å²) in [5.41, 5.74) is -0.710. The molecule has 2 fully saturated rings. The molecule has 1 saturated heterocycles. The Morgan fingerprint density at radius 3 is 2.32 bits per heavy atom. The highest BCUT2D eigenvalue weighted by Crippen LogP contribution is 2.28. The number of sulfonamides is 1. The fourth-order valence-corrected chi connectivity index (χ4v) is 4.59. The van der Waals surface area contributed by atoms with E-state index in [0.29, 0.717) is 25.9 Å². The lowest BCUT2D eigenvalue weighted by atomic mass is 9.82. The Hall–Kier alpha value is -1.17. The molecule has 0 bridgehead atoms. The molecule has 2 aliphatic rings. The molecule has 0 radical (unpaired) electrons. The Morgan fingerprint density at radius 2 is 1.84 bits per heavy atom.